The van der Waals surface area contributed by atoms with Crippen LogP contribution in [0.15, 0.2) is 97.2 Å². The summed E-state index contributed by atoms with van der Waals surface area (Å²) in [6, 6.07) is 0. The molecule has 1 rings (SSSR count). The molecule has 0 radical (unpaired) electrons. The third-order valence-electron chi connectivity index (χ3n) is 9.92. The third kappa shape index (κ3) is 30.5. The van der Waals surface area contributed by atoms with Gasteiger partial charge in [-0.15, -0.1) is 0 Å². The predicted molar refractivity (Wildman–Crippen MR) is 248 cm³/mol. The van der Waals surface area contributed by atoms with E-state index >= 15 is 0 Å². The fraction of sp³-hybridized carbons (Fsp3) is 0.633. The number of esters is 2. The molecule has 6 N–H and O–H groups in total. The maximum Gasteiger partial charge on any atom is 0.472 e. The molecule has 0 aliphatic heterocycles. The van der Waals surface area contributed by atoms with Crippen LogP contribution in [0.3, 0.4) is 0 Å². The van der Waals surface area contributed by atoms with Gasteiger partial charge in [0.05, 0.1) is 6.61 Å². The molecule has 13 nitrogen and oxygen atoms in total. The van der Waals surface area contributed by atoms with Crippen LogP contribution in [0.4, 0.5) is 0 Å². The van der Waals surface area contributed by atoms with E-state index in [-0.39, 0.29) is 12.8 Å². The lowest BCUT2D eigenvalue weighted by molar-refractivity contribution is -0.220. The number of allylic oxidation sites excluding steroid dienone is 16. The lowest BCUT2D eigenvalue weighted by atomic mass is 9.85. The summed E-state index contributed by atoms with van der Waals surface area (Å²) in [6.07, 6.45) is 37.6. The number of carbonyl (C=O) groups excluding carboxylic acids is 2. The molecule has 0 amide bonds. The van der Waals surface area contributed by atoms with Crippen LogP contribution in [0.25, 0.3) is 0 Å². The molecule has 6 unspecified atom stereocenters. The van der Waals surface area contributed by atoms with Crippen LogP contribution in [0.2, 0.25) is 0 Å². The number of unbranched alkanes of at least 4 members (excludes halogenated alkanes) is 8. The second kappa shape index (κ2) is 38.1. The van der Waals surface area contributed by atoms with E-state index in [4.69, 9.17) is 18.5 Å². The van der Waals surface area contributed by atoms with Crippen molar-refractivity contribution in [3.63, 3.8) is 0 Å². The fourth-order valence-electron chi connectivity index (χ4n) is 6.22. The van der Waals surface area contributed by atoms with Crippen molar-refractivity contribution in [2.24, 2.45) is 0 Å². The van der Waals surface area contributed by atoms with Crippen molar-refractivity contribution >= 4 is 19.8 Å². The Morgan fingerprint density at radius 3 is 1.44 bits per heavy atom. The molecule has 0 heterocycles. The Morgan fingerprint density at radius 1 is 0.508 bits per heavy atom. The van der Waals surface area contributed by atoms with E-state index in [1.807, 2.05) is 18.2 Å². The second-order valence-corrected chi connectivity index (χ2v) is 16.9. The quantitative estimate of drug-likeness (QED) is 0.0150. The maximum absolute atomic E-state index is 12.8. The molecule has 1 fully saturated rings. The highest BCUT2D eigenvalue weighted by molar-refractivity contribution is 7.47. The smallest absolute Gasteiger partial charge is 0.462 e. The Hall–Kier alpha value is -3.23. The van der Waals surface area contributed by atoms with Crippen molar-refractivity contribution in [2.45, 2.75) is 185 Å². The number of carbonyl (C=O) groups is 2. The summed E-state index contributed by atoms with van der Waals surface area (Å²) < 4.78 is 33.4. The predicted octanol–water partition coefficient (Wildman–Crippen LogP) is 9.05. The van der Waals surface area contributed by atoms with Gasteiger partial charge in [0, 0.05) is 12.8 Å². The van der Waals surface area contributed by atoms with E-state index in [1.54, 1.807) is 0 Å². The van der Waals surface area contributed by atoms with Gasteiger partial charge >= 0.3 is 19.8 Å². The number of phosphoric ester groups is 1. The molecule has 0 aromatic rings. The van der Waals surface area contributed by atoms with Gasteiger partial charge in [-0.05, 0) is 83.5 Å². The summed E-state index contributed by atoms with van der Waals surface area (Å²) >= 11 is 0. The Bertz CT molecular complexity index is 1470. The van der Waals surface area contributed by atoms with Gasteiger partial charge in [-0.2, -0.15) is 0 Å². The van der Waals surface area contributed by atoms with E-state index in [0.29, 0.717) is 19.3 Å². The molecule has 14 heteroatoms. The van der Waals surface area contributed by atoms with Crippen molar-refractivity contribution in [2.75, 3.05) is 13.2 Å². The van der Waals surface area contributed by atoms with Crippen molar-refractivity contribution in [3.05, 3.63) is 97.2 Å². The number of aliphatic hydroxyl groups excluding tert-OH is 5. The first-order valence-electron chi connectivity index (χ1n) is 23.0. The van der Waals surface area contributed by atoms with Gasteiger partial charge in [0.2, 0.25) is 0 Å². The summed E-state index contributed by atoms with van der Waals surface area (Å²) in [4.78, 5) is 35.7. The van der Waals surface area contributed by atoms with Crippen LogP contribution in [-0.2, 0) is 32.7 Å². The molecule has 8 atom stereocenters. The Morgan fingerprint density at radius 2 is 0.937 bits per heavy atom. The third-order valence-corrected chi connectivity index (χ3v) is 10.9. The maximum atomic E-state index is 12.8. The molecule has 0 aromatic carbocycles. The standard InChI is InChI=1S/C49H79O13P/c1-3-5-7-9-11-13-15-17-19-20-21-22-24-25-27-29-31-33-35-37-42(50)59-39-41(40-60-63(57,58)62-49-47(55)45(53)44(52)46(54)48(49)56)61-43(51)38-36-34-32-30-28-26-23-18-16-14-12-10-8-6-4-2/h6,8,11-14,17-19,21-23,25,27,31,33,41,44-49,52-56H,3-5,7,9-10,15-16,20,24,26,28-30,32,34-40H2,1-2H3,(H,57,58)/b8-6+,13-11+,14-12+,19-17+,22-21+,23-18+,27-25+,33-31+/t41-,44?,45-,46?,47?,48?,49?/m0/s1. The number of rotatable bonds is 36. The van der Waals surface area contributed by atoms with Crippen molar-refractivity contribution in [3.8, 4) is 0 Å². The van der Waals surface area contributed by atoms with E-state index in [1.165, 1.54) is 19.3 Å². The first kappa shape index (κ1) is 57.8. The molecular formula is C49H79O13P. The highest BCUT2D eigenvalue weighted by Gasteiger charge is 2.51. The summed E-state index contributed by atoms with van der Waals surface area (Å²) in [5.41, 5.74) is 0. The van der Waals surface area contributed by atoms with Crippen LogP contribution in [0, 0.1) is 0 Å². The molecule has 0 spiro atoms. The number of phosphoric acid groups is 1. The average molecular weight is 907 g/mol. The van der Waals surface area contributed by atoms with Crippen LogP contribution in [0.1, 0.15) is 142 Å². The van der Waals surface area contributed by atoms with E-state index in [9.17, 15) is 44.6 Å². The van der Waals surface area contributed by atoms with Gasteiger partial charge in [0.1, 0.15) is 43.2 Å². The van der Waals surface area contributed by atoms with Gasteiger partial charge in [-0.25, -0.2) is 4.57 Å². The molecule has 358 valence electrons. The molecule has 1 aliphatic rings. The number of hydrogen-bond donors (Lipinski definition) is 6. The Kier molecular flexibility index (Phi) is 34.9. The SMILES string of the molecule is CC/C=C/C/C=C/C/C=C/CCCCCCCC(=O)O[C@@H](COC(=O)CC/C=C/C/C=C/C/C=C/C/C=C/C/C=C/CCCCC)COP(=O)(O)OC1C(O)C(O)C(O)[C@H](O)C1O. The van der Waals surface area contributed by atoms with Gasteiger partial charge in [-0.3, -0.25) is 18.6 Å². The number of aliphatic hydroxyl groups is 5. The van der Waals surface area contributed by atoms with Crippen molar-refractivity contribution in [1.29, 1.82) is 0 Å². The van der Waals surface area contributed by atoms with Gasteiger partial charge in [0.15, 0.2) is 6.10 Å². The minimum absolute atomic E-state index is 0.0337. The zero-order chi connectivity index (χ0) is 46.4. The molecular weight excluding hydrogens is 828 g/mol. The largest absolute Gasteiger partial charge is 0.472 e. The lowest BCUT2D eigenvalue weighted by Gasteiger charge is -2.41. The monoisotopic (exact) mass is 907 g/mol. The number of hydrogen-bond acceptors (Lipinski definition) is 12. The Labute approximate surface area is 377 Å². The normalized spacial score (nSPS) is 22.6. The van der Waals surface area contributed by atoms with Gasteiger partial charge in [0.25, 0.3) is 0 Å². The molecule has 0 saturated heterocycles. The summed E-state index contributed by atoms with van der Waals surface area (Å²) in [5.74, 6) is -1.23. The van der Waals surface area contributed by atoms with E-state index < -0.39 is 75.7 Å². The summed E-state index contributed by atoms with van der Waals surface area (Å²) in [6.45, 7) is 3.06. The van der Waals surface area contributed by atoms with Crippen molar-refractivity contribution < 1.29 is 63.1 Å². The molecule has 0 aromatic heterocycles. The van der Waals surface area contributed by atoms with Crippen LogP contribution in [-0.4, -0.2) is 98.3 Å². The first-order chi connectivity index (χ1) is 30.4. The number of ether oxygens (including phenoxy) is 2. The lowest BCUT2D eigenvalue weighted by Crippen LogP contribution is -2.64. The van der Waals surface area contributed by atoms with Crippen LogP contribution in [0.5, 0.6) is 0 Å². The zero-order valence-corrected chi connectivity index (χ0v) is 38.7. The minimum Gasteiger partial charge on any atom is -0.462 e. The van der Waals surface area contributed by atoms with Crippen LogP contribution >= 0.6 is 7.82 Å². The summed E-state index contributed by atoms with van der Waals surface area (Å²) in [7, 11) is -5.15. The average Bonchev–Trinajstić information content (AvgIpc) is 3.26. The molecule has 63 heavy (non-hydrogen) atoms. The molecule has 1 aliphatic carbocycles. The van der Waals surface area contributed by atoms with E-state index in [0.717, 1.165) is 77.0 Å². The summed E-state index contributed by atoms with van der Waals surface area (Å²) in [5, 5.41) is 50.1. The zero-order valence-electron chi connectivity index (χ0n) is 37.8. The first-order valence-corrected chi connectivity index (χ1v) is 24.5. The minimum atomic E-state index is -5.15. The fourth-order valence-corrected chi connectivity index (χ4v) is 7.20. The van der Waals surface area contributed by atoms with Gasteiger partial charge < -0.3 is 39.9 Å². The van der Waals surface area contributed by atoms with E-state index in [2.05, 4.69) is 92.8 Å². The van der Waals surface area contributed by atoms with Crippen LogP contribution < -0.4 is 0 Å². The molecule has 0 bridgehead atoms. The Balaban J connectivity index is 2.53. The highest BCUT2D eigenvalue weighted by Crippen LogP contribution is 2.47. The highest BCUT2D eigenvalue weighted by atomic mass is 31.2. The topological polar surface area (TPSA) is 210 Å². The van der Waals surface area contributed by atoms with Crippen molar-refractivity contribution in [1.82, 2.24) is 0 Å². The van der Waals surface area contributed by atoms with Gasteiger partial charge in [-0.1, -0.05) is 143 Å². The second-order valence-electron chi connectivity index (χ2n) is 15.5. The molecule has 1 saturated carbocycles.